The number of carbonyl (C=O) groups excluding carboxylic acids is 1. The quantitative estimate of drug-likeness (QED) is 0.449. The molecule has 0 unspecified atom stereocenters. The summed E-state index contributed by atoms with van der Waals surface area (Å²) in [5.74, 6) is 1.47. The predicted molar refractivity (Wildman–Crippen MR) is 110 cm³/mol. The number of aryl methyl sites for hydroxylation is 2. The molecule has 28 heavy (non-hydrogen) atoms. The molecule has 0 aliphatic rings. The molecule has 3 rings (SSSR count). The van der Waals surface area contributed by atoms with Gasteiger partial charge in [0.2, 0.25) is 5.78 Å². The minimum atomic E-state index is -0.135. The number of methoxy groups -OCH3 is 1. The van der Waals surface area contributed by atoms with Crippen LogP contribution in [0.5, 0.6) is 11.5 Å². The van der Waals surface area contributed by atoms with Crippen LogP contribution in [0.3, 0.4) is 0 Å². The van der Waals surface area contributed by atoms with Crippen molar-refractivity contribution in [3.05, 3.63) is 82.7 Å². The normalized spacial score (nSPS) is 11.0. The summed E-state index contributed by atoms with van der Waals surface area (Å²) in [4.78, 5) is 12.2. The van der Waals surface area contributed by atoms with Gasteiger partial charge in [-0.05, 0) is 60.9 Å². The van der Waals surface area contributed by atoms with Gasteiger partial charge >= 0.3 is 0 Å². The van der Waals surface area contributed by atoms with Crippen LogP contribution < -0.4 is 9.47 Å². The number of benzene rings is 2. The summed E-state index contributed by atoms with van der Waals surface area (Å²) in [6.45, 7) is 4.49. The minimum absolute atomic E-state index is 0.135. The average Bonchev–Trinajstić information content (AvgIpc) is 3.13. The molecule has 0 bridgehead atoms. The van der Waals surface area contributed by atoms with Crippen LogP contribution in [-0.2, 0) is 13.7 Å². The third-order valence-corrected chi connectivity index (χ3v) is 4.64. The van der Waals surface area contributed by atoms with Crippen LogP contribution in [0.15, 0.2) is 54.7 Å². The number of hydrogen-bond donors (Lipinski definition) is 0. The molecule has 0 N–H and O–H groups in total. The van der Waals surface area contributed by atoms with Crippen molar-refractivity contribution in [2.24, 2.45) is 7.05 Å². The molecule has 144 valence electrons. The lowest BCUT2D eigenvalue weighted by molar-refractivity contribution is 0.104. The van der Waals surface area contributed by atoms with Gasteiger partial charge in [0.05, 0.1) is 7.11 Å². The van der Waals surface area contributed by atoms with Crippen molar-refractivity contribution >= 4 is 11.9 Å². The highest BCUT2D eigenvalue weighted by atomic mass is 16.5. The van der Waals surface area contributed by atoms with E-state index in [1.165, 1.54) is 11.6 Å². The topological polar surface area (TPSA) is 53.4 Å². The Hall–Kier alpha value is -3.34. The number of rotatable bonds is 7. The summed E-state index contributed by atoms with van der Waals surface area (Å²) in [5.41, 5.74) is 4.54. The monoisotopic (exact) mass is 376 g/mol. The molecule has 5 nitrogen and oxygen atoms in total. The van der Waals surface area contributed by atoms with Crippen molar-refractivity contribution in [1.82, 2.24) is 9.78 Å². The van der Waals surface area contributed by atoms with Crippen LogP contribution in [0.4, 0.5) is 0 Å². The average molecular weight is 376 g/mol. The van der Waals surface area contributed by atoms with E-state index in [0.717, 1.165) is 28.2 Å². The standard InChI is InChI=1S/C23H24N2O3/c1-16-6-5-7-22(17(16)2)28-15-19-14-18(9-11-23(19)27-4)8-10-21(26)20-12-13-25(3)24-20/h5-14H,15H2,1-4H3/b10-8+. The van der Waals surface area contributed by atoms with E-state index in [0.29, 0.717) is 12.3 Å². The lowest BCUT2D eigenvalue weighted by atomic mass is 10.1. The van der Waals surface area contributed by atoms with Crippen molar-refractivity contribution < 1.29 is 14.3 Å². The predicted octanol–water partition coefficient (Wildman–Crippen LogP) is 4.52. The highest BCUT2D eigenvalue weighted by Gasteiger charge is 2.08. The Morgan fingerprint density at radius 2 is 1.96 bits per heavy atom. The van der Waals surface area contributed by atoms with E-state index in [1.807, 2.05) is 37.3 Å². The molecule has 0 spiro atoms. The van der Waals surface area contributed by atoms with E-state index in [9.17, 15) is 4.79 Å². The van der Waals surface area contributed by atoms with E-state index in [1.54, 1.807) is 37.2 Å². The molecule has 0 fully saturated rings. The highest BCUT2D eigenvalue weighted by molar-refractivity contribution is 6.05. The van der Waals surface area contributed by atoms with E-state index in [-0.39, 0.29) is 5.78 Å². The third-order valence-electron chi connectivity index (χ3n) is 4.64. The molecule has 0 radical (unpaired) electrons. The van der Waals surface area contributed by atoms with Crippen LogP contribution in [0.25, 0.3) is 6.08 Å². The van der Waals surface area contributed by atoms with E-state index >= 15 is 0 Å². The van der Waals surface area contributed by atoms with Crippen LogP contribution in [0.1, 0.15) is 32.7 Å². The first kappa shape index (κ1) is 19.4. The van der Waals surface area contributed by atoms with Crippen LogP contribution in [0.2, 0.25) is 0 Å². The summed E-state index contributed by atoms with van der Waals surface area (Å²) in [6, 6.07) is 13.5. The number of carbonyl (C=O) groups is 1. The molecular weight excluding hydrogens is 352 g/mol. The summed E-state index contributed by atoms with van der Waals surface area (Å²) in [7, 11) is 3.42. The Bertz CT molecular complexity index is 1020. The number of aromatic nitrogens is 2. The lowest BCUT2D eigenvalue weighted by Gasteiger charge is -2.13. The maximum Gasteiger partial charge on any atom is 0.206 e. The molecule has 5 heteroatoms. The molecule has 0 aliphatic carbocycles. The maximum atomic E-state index is 12.2. The van der Waals surface area contributed by atoms with Gasteiger partial charge in [-0.1, -0.05) is 24.3 Å². The summed E-state index contributed by atoms with van der Waals surface area (Å²) >= 11 is 0. The van der Waals surface area contributed by atoms with Crippen molar-refractivity contribution in [2.45, 2.75) is 20.5 Å². The third kappa shape index (κ3) is 4.49. The Morgan fingerprint density at radius 3 is 2.68 bits per heavy atom. The molecule has 0 aliphatic heterocycles. The minimum Gasteiger partial charge on any atom is -0.496 e. The van der Waals surface area contributed by atoms with E-state index in [2.05, 4.69) is 18.1 Å². The Kier molecular flexibility index (Phi) is 5.94. The molecule has 3 aromatic rings. The van der Waals surface area contributed by atoms with E-state index in [4.69, 9.17) is 9.47 Å². The van der Waals surface area contributed by atoms with Gasteiger partial charge in [0.1, 0.15) is 23.8 Å². The second-order valence-electron chi connectivity index (χ2n) is 6.63. The van der Waals surface area contributed by atoms with Crippen molar-refractivity contribution in [3.8, 4) is 11.5 Å². The van der Waals surface area contributed by atoms with Crippen molar-refractivity contribution in [3.63, 3.8) is 0 Å². The molecule has 0 saturated heterocycles. The summed E-state index contributed by atoms with van der Waals surface area (Å²) in [6.07, 6.45) is 5.05. The van der Waals surface area contributed by atoms with Crippen LogP contribution in [0, 0.1) is 13.8 Å². The van der Waals surface area contributed by atoms with Gasteiger partial charge in [0.15, 0.2) is 0 Å². The second-order valence-corrected chi connectivity index (χ2v) is 6.63. The van der Waals surface area contributed by atoms with Gasteiger partial charge in [-0.3, -0.25) is 9.48 Å². The van der Waals surface area contributed by atoms with Crippen LogP contribution >= 0.6 is 0 Å². The zero-order chi connectivity index (χ0) is 20.1. The molecular formula is C23H24N2O3. The Labute approximate surface area is 165 Å². The summed E-state index contributed by atoms with van der Waals surface area (Å²) in [5, 5.41) is 4.12. The lowest BCUT2D eigenvalue weighted by Crippen LogP contribution is -2.01. The molecule has 0 atom stereocenters. The first-order valence-corrected chi connectivity index (χ1v) is 9.06. The Balaban J connectivity index is 1.77. The fourth-order valence-electron chi connectivity index (χ4n) is 2.85. The number of ketones is 1. The first-order chi connectivity index (χ1) is 13.5. The van der Waals surface area contributed by atoms with Gasteiger partial charge in [-0.15, -0.1) is 0 Å². The number of ether oxygens (including phenoxy) is 2. The molecule has 2 aromatic carbocycles. The van der Waals surface area contributed by atoms with E-state index < -0.39 is 0 Å². The fourth-order valence-corrected chi connectivity index (χ4v) is 2.85. The molecule has 0 saturated carbocycles. The number of hydrogen-bond acceptors (Lipinski definition) is 4. The SMILES string of the molecule is COc1ccc(/C=C/C(=O)c2ccn(C)n2)cc1COc1cccc(C)c1C. The number of allylic oxidation sites excluding steroid dienone is 1. The smallest absolute Gasteiger partial charge is 0.206 e. The van der Waals surface area contributed by atoms with Crippen molar-refractivity contribution in [2.75, 3.05) is 7.11 Å². The fraction of sp³-hybridized carbons (Fsp3) is 0.217. The molecule has 1 aromatic heterocycles. The Morgan fingerprint density at radius 1 is 1.14 bits per heavy atom. The zero-order valence-corrected chi connectivity index (χ0v) is 16.6. The van der Waals surface area contributed by atoms with Gasteiger partial charge in [0, 0.05) is 18.8 Å². The largest absolute Gasteiger partial charge is 0.496 e. The van der Waals surface area contributed by atoms with Gasteiger partial charge in [-0.25, -0.2) is 0 Å². The maximum absolute atomic E-state index is 12.2. The van der Waals surface area contributed by atoms with Crippen molar-refractivity contribution in [1.29, 1.82) is 0 Å². The number of nitrogens with zero attached hydrogens (tertiary/aromatic N) is 2. The van der Waals surface area contributed by atoms with Crippen LogP contribution in [-0.4, -0.2) is 22.7 Å². The van der Waals surface area contributed by atoms with Gasteiger partial charge < -0.3 is 9.47 Å². The molecule has 0 amide bonds. The zero-order valence-electron chi connectivity index (χ0n) is 16.6. The van der Waals surface area contributed by atoms with Gasteiger partial charge in [0.25, 0.3) is 0 Å². The second kappa shape index (κ2) is 8.57. The first-order valence-electron chi connectivity index (χ1n) is 9.06. The summed E-state index contributed by atoms with van der Waals surface area (Å²) < 4.78 is 13.1. The molecule has 1 heterocycles. The highest BCUT2D eigenvalue weighted by Crippen LogP contribution is 2.25. The van der Waals surface area contributed by atoms with Gasteiger partial charge in [-0.2, -0.15) is 5.10 Å².